The van der Waals surface area contributed by atoms with Crippen LogP contribution in [0.3, 0.4) is 0 Å². The predicted molar refractivity (Wildman–Crippen MR) is 83.8 cm³/mol. The number of halogens is 4. The van der Waals surface area contributed by atoms with Crippen molar-refractivity contribution < 1.29 is 8.78 Å². The Bertz CT molecular complexity index is 886. The van der Waals surface area contributed by atoms with Gasteiger partial charge in [0.2, 0.25) is 0 Å². The van der Waals surface area contributed by atoms with Gasteiger partial charge in [0.1, 0.15) is 11.6 Å². The number of hydrogen-bond donors (Lipinski definition) is 1. The molecular weight excluding hydrogens is 414 g/mol. The summed E-state index contributed by atoms with van der Waals surface area (Å²) in [5, 5.41) is 0. The minimum Gasteiger partial charge on any atom is -0.330 e. The Hall–Kier alpha value is -1.05. The molecule has 1 aromatic heterocycles. The zero-order valence-electron chi connectivity index (χ0n) is 9.75. The number of rotatable bonds is 1. The van der Waals surface area contributed by atoms with Crippen molar-refractivity contribution in [1.29, 1.82) is 0 Å². The molecule has 3 aromatic rings. The van der Waals surface area contributed by atoms with Gasteiger partial charge in [-0.2, -0.15) is 0 Å². The first-order valence-electron chi connectivity index (χ1n) is 5.52. The zero-order chi connectivity index (χ0) is 14.4. The summed E-state index contributed by atoms with van der Waals surface area (Å²) >= 11 is 11.7. The maximum atomic E-state index is 14.0. The molecule has 20 heavy (non-hydrogen) atoms. The van der Waals surface area contributed by atoms with Crippen molar-refractivity contribution in [3.8, 4) is 5.69 Å². The second-order valence-electron chi connectivity index (χ2n) is 4.14. The summed E-state index contributed by atoms with van der Waals surface area (Å²) in [5.74, 6) is -1.33. The molecule has 2 nitrogen and oxygen atoms in total. The van der Waals surface area contributed by atoms with Gasteiger partial charge in [-0.3, -0.25) is 4.57 Å². The van der Waals surface area contributed by atoms with Gasteiger partial charge in [-0.05, 0) is 52.4 Å². The van der Waals surface area contributed by atoms with Crippen LogP contribution in [0.1, 0.15) is 0 Å². The second kappa shape index (κ2) is 5.05. The van der Waals surface area contributed by atoms with Gasteiger partial charge in [-0.15, -0.1) is 0 Å². The Kier molecular flexibility index (Phi) is 3.51. The van der Waals surface area contributed by atoms with Gasteiger partial charge in [0.25, 0.3) is 0 Å². The molecule has 0 saturated carbocycles. The SMILES string of the molecule is Fc1cc(F)c(-n2c(=S)[nH]c3ccc(Br)cc32)cc1Br. The van der Waals surface area contributed by atoms with E-state index in [-0.39, 0.29) is 10.2 Å². The molecule has 102 valence electrons. The van der Waals surface area contributed by atoms with Crippen molar-refractivity contribution in [3.05, 3.63) is 55.7 Å². The lowest BCUT2D eigenvalue weighted by atomic mass is 10.2. The van der Waals surface area contributed by atoms with Crippen molar-refractivity contribution in [2.24, 2.45) is 0 Å². The standard InChI is InChI=1S/C13H6Br2F2N2S/c14-6-1-2-10-12(3-6)19(13(20)18-10)11-4-7(15)8(16)5-9(11)17/h1-5H,(H,18,20). The normalized spacial score (nSPS) is 11.2. The number of aromatic amines is 1. The molecule has 0 amide bonds. The topological polar surface area (TPSA) is 20.7 Å². The molecule has 2 aromatic carbocycles. The largest absolute Gasteiger partial charge is 0.330 e. The molecule has 1 N–H and O–H groups in total. The maximum Gasteiger partial charge on any atom is 0.182 e. The van der Waals surface area contributed by atoms with E-state index in [1.54, 1.807) is 0 Å². The van der Waals surface area contributed by atoms with Crippen molar-refractivity contribution in [2.45, 2.75) is 0 Å². The van der Waals surface area contributed by atoms with E-state index in [9.17, 15) is 8.78 Å². The van der Waals surface area contributed by atoms with Crippen LogP contribution in [-0.2, 0) is 0 Å². The van der Waals surface area contributed by atoms with Gasteiger partial charge in [0.15, 0.2) is 4.77 Å². The Morgan fingerprint density at radius 1 is 1.05 bits per heavy atom. The lowest BCUT2D eigenvalue weighted by Gasteiger charge is -2.07. The van der Waals surface area contributed by atoms with E-state index in [1.807, 2.05) is 18.2 Å². The summed E-state index contributed by atoms with van der Waals surface area (Å²) in [5.41, 5.74) is 1.67. The van der Waals surface area contributed by atoms with Gasteiger partial charge in [-0.1, -0.05) is 15.9 Å². The average Bonchev–Trinajstić information content (AvgIpc) is 2.69. The van der Waals surface area contributed by atoms with Crippen LogP contribution < -0.4 is 0 Å². The third-order valence-electron chi connectivity index (χ3n) is 2.88. The molecule has 1 heterocycles. The molecule has 0 aliphatic carbocycles. The van der Waals surface area contributed by atoms with Crippen molar-refractivity contribution in [2.75, 3.05) is 0 Å². The monoisotopic (exact) mass is 418 g/mol. The molecule has 0 aliphatic heterocycles. The molecule has 0 atom stereocenters. The highest BCUT2D eigenvalue weighted by molar-refractivity contribution is 9.10. The molecule has 0 saturated heterocycles. The minimum absolute atomic E-state index is 0.181. The molecule has 3 rings (SSSR count). The van der Waals surface area contributed by atoms with Gasteiger partial charge in [0.05, 0.1) is 21.2 Å². The summed E-state index contributed by atoms with van der Waals surface area (Å²) in [6, 6.07) is 7.71. The molecule has 0 fully saturated rings. The van der Waals surface area contributed by atoms with Crippen LogP contribution in [0.25, 0.3) is 16.7 Å². The van der Waals surface area contributed by atoms with E-state index in [4.69, 9.17) is 12.2 Å². The maximum absolute atomic E-state index is 14.0. The fourth-order valence-corrected chi connectivity index (χ4v) is 2.99. The van der Waals surface area contributed by atoms with Crippen LogP contribution in [-0.4, -0.2) is 9.55 Å². The van der Waals surface area contributed by atoms with Gasteiger partial charge >= 0.3 is 0 Å². The van der Waals surface area contributed by atoms with Gasteiger partial charge < -0.3 is 4.98 Å². The fraction of sp³-hybridized carbons (Fsp3) is 0. The Balaban J connectivity index is 2.40. The highest BCUT2D eigenvalue weighted by Gasteiger charge is 2.14. The van der Waals surface area contributed by atoms with Crippen molar-refractivity contribution in [1.82, 2.24) is 9.55 Å². The third kappa shape index (κ3) is 2.23. The number of aromatic nitrogens is 2. The van der Waals surface area contributed by atoms with Crippen LogP contribution in [0.15, 0.2) is 39.3 Å². The van der Waals surface area contributed by atoms with E-state index in [0.29, 0.717) is 10.3 Å². The van der Waals surface area contributed by atoms with E-state index >= 15 is 0 Å². The minimum atomic E-state index is -0.678. The average molecular weight is 420 g/mol. The Morgan fingerprint density at radius 3 is 2.55 bits per heavy atom. The number of nitrogens with one attached hydrogen (secondary N) is 1. The van der Waals surface area contributed by atoms with E-state index < -0.39 is 11.6 Å². The zero-order valence-corrected chi connectivity index (χ0v) is 13.7. The fourth-order valence-electron chi connectivity index (χ4n) is 2.00. The molecule has 0 radical (unpaired) electrons. The summed E-state index contributed by atoms with van der Waals surface area (Å²) in [4.78, 5) is 3.00. The molecule has 0 unspecified atom stereocenters. The number of H-pyrrole nitrogens is 1. The highest BCUT2D eigenvalue weighted by atomic mass is 79.9. The number of imidazole rings is 1. The van der Waals surface area contributed by atoms with Crippen LogP contribution in [0.4, 0.5) is 8.78 Å². The van der Waals surface area contributed by atoms with Crippen molar-refractivity contribution in [3.63, 3.8) is 0 Å². The third-order valence-corrected chi connectivity index (χ3v) is 4.26. The van der Waals surface area contributed by atoms with E-state index in [0.717, 1.165) is 16.1 Å². The van der Waals surface area contributed by atoms with Crippen LogP contribution in [0, 0.1) is 16.4 Å². The Morgan fingerprint density at radius 2 is 1.80 bits per heavy atom. The predicted octanol–water partition coefficient (Wildman–Crippen LogP) is 5.49. The number of benzene rings is 2. The highest BCUT2D eigenvalue weighted by Crippen LogP contribution is 2.27. The first-order valence-corrected chi connectivity index (χ1v) is 7.52. The molecular formula is C13H6Br2F2N2S. The van der Waals surface area contributed by atoms with Crippen molar-refractivity contribution >= 4 is 55.1 Å². The number of fused-ring (bicyclic) bond motifs is 1. The summed E-state index contributed by atoms with van der Waals surface area (Å²) in [7, 11) is 0. The Labute approximate surface area is 134 Å². The molecule has 7 heteroatoms. The lowest BCUT2D eigenvalue weighted by Crippen LogP contribution is -1.99. The van der Waals surface area contributed by atoms with Gasteiger partial charge in [-0.25, -0.2) is 8.78 Å². The first kappa shape index (κ1) is 13.9. The number of hydrogen-bond acceptors (Lipinski definition) is 1. The summed E-state index contributed by atoms with van der Waals surface area (Å²) in [6.45, 7) is 0. The van der Waals surface area contributed by atoms with E-state index in [2.05, 4.69) is 36.8 Å². The summed E-state index contributed by atoms with van der Waals surface area (Å²) < 4.78 is 30.3. The van der Waals surface area contributed by atoms with Gasteiger partial charge in [0, 0.05) is 10.5 Å². The second-order valence-corrected chi connectivity index (χ2v) is 6.30. The molecule has 0 spiro atoms. The van der Waals surface area contributed by atoms with Crippen LogP contribution >= 0.6 is 44.1 Å². The van der Waals surface area contributed by atoms with Crippen LogP contribution in [0.2, 0.25) is 0 Å². The molecule has 0 aliphatic rings. The van der Waals surface area contributed by atoms with Crippen LogP contribution in [0.5, 0.6) is 0 Å². The number of nitrogens with zero attached hydrogens (tertiary/aromatic N) is 1. The quantitative estimate of drug-likeness (QED) is 0.408. The summed E-state index contributed by atoms with van der Waals surface area (Å²) in [6.07, 6.45) is 0. The smallest absolute Gasteiger partial charge is 0.182 e. The van der Waals surface area contributed by atoms with E-state index in [1.165, 1.54) is 10.6 Å². The first-order chi connectivity index (χ1) is 9.47. The molecule has 0 bridgehead atoms. The lowest BCUT2D eigenvalue weighted by molar-refractivity contribution is 0.574.